The van der Waals surface area contributed by atoms with Gasteiger partial charge in [0.15, 0.2) is 0 Å². The molecule has 2 aliphatic heterocycles. The van der Waals surface area contributed by atoms with Gasteiger partial charge in [-0.1, -0.05) is 71.9 Å². The monoisotopic (exact) mass is 507 g/mol. The zero-order chi connectivity index (χ0) is 23.7. The van der Waals surface area contributed by atoms with Gasteiger partial charge in [0.05, 0.1) is 17.7 Å². The van der Waals surface area contributed by atoms with Crippen molar-refractivity contribution < 1.29 is 14.3 Å². The van der Waals surface area contributed by atoms with Crippen LogP contribution in [0, 0.1) is 0 Å². The highest BCUT2D eigenvalue weighted by atomic mass is 35.5. The van der Waals surface area contributed by atoms with E-state index in [0.717, 1.165) is 5.56 Å². The number of thioether (sulfide) groups is 2. The van der Waals surface area contributed by atoms with Crippen LogP contribution in [0.3, 0.4) is 0 Å². The molecule has 0 aliphatic carbocycles. The van der Waals surface area contributed by atoms with Crippen LogP contribution in [0.5, 0.6) is 0 Å². The van der Waals surface area contributed by atoms with Crippen LogP contribution in [0.4, 0.5) is 11.4 Å². The molecule has 0 radical (unpaired) electrons. The van der Waals surface area contributed by atoms with Gasteiger partial charge < -0.3 is 4.74 Å². The number of methoxy groups -OCH3 is 1. The van der Waals surface area contributed by atoms with Gasteiger partial charge in [-0.05, 0) is 59.8 Å². The number of esters is 1. The zero-order valence-corrected chi connectivity index (χ0v) is 20.3. The lowest BCUT2D eigenvalue weighted by Crippen LogP contribution is -2.51. The molecule has 9 heteroatoms. The number of halogens is 1. The maximum absolute atomic E-state index is 13.9. The summed E-state index contributed by atoms with van der Waals surface area (Å²) < 4.78 is 3.85. The van der Waals surface area contributed by atoms with Crippen molar-refractivity contribution in [2.45, 2.75) is 4.33 Å². The van der Waals surface area contributed by atoms with Crippen LogP contribution in [0.25, 0.3) is 6.08 Å². The van der Waals surface area contributed by atoms with Crippen molar-refractivity contribution in [3.63, 3.8) is 0 Å². The third-order valence-corrected chi connectivity index (χ3v) is 8.12. The first-order valence-corrected chi connectivity index (χ1v) is 12.3. The van der Waals surface area contributed by atoms with Gasteiger partial charge in [-0.3, -0.25) is 9.69 Å². The average Bonchev–Trinajstić information content (AvgIpc) is 3.37. The first kappa shape index (κ1) is 22.6. The van der Waals surface area contributed by atoms with Gasteiger partial charge in [0, 0.05) is 10.7 Å². The number of carbonyl (C=O) groups excluding carboxylic acids is 2. The molecule has 1 fully saturated rings. The van der Waals surface area contributed by atoms with E-state index in [9.17, 15) is 9.59 Å². The number of benzene rings is 3. The highest BCUT2D eigenvalue weighted by Gasteiger charge is 2.60. The number of carbonyl (C=O) groups is 2. The first-order chi connectivity index (χ1) is 16.5. The molecule has 1 atom stereocenters. The second kappa shape index (κ2) is 9.21. The molecule has 0 N–H and O–H groups in total. The molecule has 1 amide bonds. The molecule has 0 bridgehead atoms. The Morgan fingerprint density at radius 3 is 2.24 bits per heavy atom. The Kier molecular flexibility index (Phi) is 6.12. The van der Waals surface area contributed by atoms with E-state index in [1.54, 1.807) is 22.0 Å². The quantitative estimate of drug-likeness (QED) is 0.328. The molecule has 1 spiro atoms. The van der Waals surface area contributed by atoms with Gasteiger partial charge in [-0.25, -0.2) is 9.80 Å². The highest BCUT2D eigenvalue weighted by Crippen LogP contribution is 2.59. The Morgan fingerprint density at radius 1 is 0.941 bits per heavy atom. The van der Waals surface area contributed by atoms with Crippen molar-refractivity contribution in [1.29, 1.82) is 0 Å². The average molecular weight is 508 g/mol. The number of hydrogen-bond acceptors (Lipinski definition) is 7. The molecule has 5 rings (SSSR count). The van der Waals surface area contributed by atoms with Gasteiger partial charge in [0.25, 0.3) is 5.91 Å². The van der Waals surface area contributed by atoms with Gasteiger partial charge >= 0.3 is 5.97 Å². The summed E-state index contributed by atoms with van der Waals surface area (Å²) in [5.74, 6) is -0.754. The summed E-state index contributed by atoms with van der Waals surface area (Å²) >= 11 is 8.63. The fraction of sp³-hybridized carbons (Fsp3) is 0.0800. The molecule has 0 saturated carbocycles. The van der Waals surface area contributed by atoms with Gasteiger partial charge in [0.1, 0.15) is 0 Å². The molecule has 0 aromatic heterocycles. The lowest BCUT2D eigenvalue weighted by Gasteiger charge is -2.38. The summed E-state index contributed by atoms with van der Waals surface area (Å²) in [6.07, 6.45) is 1.86. The number of amides is 1. The molecule has 170 valence electrons. The van der Waals surface area contributed by atoms with Gasteiger partial charge in [-0.2, -0.15) is 5.10 Å². The topological polar surface area (TPSA) is 62.2 Å². The maximum Gasteiger partial charge on any atom is 0.365 e. The van der Waals surface area contributed by atoms with Crippen LogP contribution in [0.2, 0.25) is 5.02 Å². The summed E-state index contributed by atoms with van der Waals surface area (Å²) in [5.41, 5.74) is 2.26. The van der Waals surface area contributed by atoms with Crippen LogP contribution in [0.1, 0.15) is 5.56 Å². The summed E-state index contributed by atoms with van der Waals surface area (Å²) in [5, 5.41) is 7.00. The number of hydrogen-bond donors (Lipinski definition) is 0. The highest BCUT2D eigenvalue weighted by molar-refractivity contribution is 8.29. The van der Waals surface area contributed by atoms with Crippen molar-refractivity contribution in [2.24, 2.45) is 5.10 Å². The van der Waals surface area contributed by atoms with E-state index >= 15 is 0 Å². The molecular formula is C25H18ClN3O3S2. The third kappa shape index (κ3) is 3.98. The van der Waals surface area contributed by atoms with Crippen LogP contribution in [-0.2, 0) is 14.3 Å². The summed E-state index contributed by atoms with van der Waals surface area (Å²) in [6, 6.07) is 26.1. The van der Waals surface area contributed by atoms with E-state index in [0.29, 0.717) is 21.3 Å². The van der Waals surface area contributed by atoms with Gasteiger partial charge in [0.2, 0.25) is 9.37 Å². The SMILES string of the molecule is COC(=O)C1=NN(c2ccc(Cl)cc2)C2(S1)S/C(=C\c1ccccc1)C(=O)N2c1ccccc1. The van der Waals surface area contributed by atoms with E-state index in [2.05, 4.69) is 5.10 Å². The number of hydrazone groups is 1. The Balaban J connectivity index is 1.69. The Bertz CT molecular complexity index is 1300. The molecule has 6 nitrogen and oxygen atoms in total. The lowest BCUT2D eigenvalue weighted by molar-refractivity contribution is -0.132. The van der Waals surface area contributed by atoms with E-state index < -0.39 is 10.3 Å². The van der Waals surface area contributed by atoms with Crippen molar-refractivity contribution in [2.75, 3.05) is 17.0 Å². The molecule has 1 unspecified atom stereocenters. The Hall–Kier alpha value is -3.20. The maximum atomic E-state index is 13.9. The predicted molar refractivity (Wildman–Crippen MR) is 140 cm³/mol. The van der Waals surface area contributed by atoms with Crippen molar-refractivity contribution in [3.8, 4) is 0 Å². The van der Waals surface area contributed by atoms with Gasteiger partial charge in [-0.15, -0.1) is 0 Å². The van der Waals surface area contributed by atoms with Crippen LogP contribution in [0.15, 0.2) is 94.9 Å². The Morgan fingerprint density at radius 2 is 1.59 bits per heavy atom. The summed E-state index contributed by atoms with van der Waals surface area (Å²) in [6.45, 7) is 0. The molecule has 3 aromatic rings. The minimum Gasteiger partial charge on any atom is -0.464 e. The standard InChI is InChI=1S/C25H18ClN3O3S2/c1-32-24(31)22-27-29(20-14-12-18(26)13-15-20)25(34-22)28(19-10-6-3-7-11-19)23(30)21(33-25)16-17-8-4-2-5-9-17/h2-16H,1H3/b21-16-. The molecular weight excluding hydrogens is 490 g/mol. The lowest BCUT2D eigenvalue weighted by atomic mass is 10.2. The fourth-order valence-electron chi connectivity index (χ4n) is 3.64. The number of rotatable bonds is 4. The summed E-state index contributed by atoms with van der Waals surface area (Å²) in [7, 11) is 1.31. The minimum atomic E-state index is -1.11. The third-order valence-electron chi connectivity index (χ3n) is 5.17. The molecule has 3 aromatic carbocycles. The second-order valence-corrected chi connectivity index (χ2v) is 10.4. The Labute approximate surface area is 210 Å². The summed E-state index contributed by atoms with van der Waals surface area (Å²) in [4.78, 5) is 28.6. The molecule has 1 saturated heterocycles. The normalized spacial score (nSPS) is 20.8. The molecule has 2 aliphatic rings. The minimum absolute atomic E-state index is 0.152. The number of para-hydroxylation sites is 1. The number of nitrogens with zero attached hydrogens (tertiary/aromatic N) is 3. The van der Waals surface area contributed by atoms with Crippen LogP contribution in [-0.4, -0.2) is 28.4 Å². The van der Waals surface area contributed by atoms with E-state index in [-0.39, 0.29) is 11.0 Å². The van der Waals surface area contributed by atoms with Crippen molar-refractivity contribution in [3.05, 3.63) is 100 Å². The number of anilines is 2. The zero-order valence-electron chi connectivity index (χ0n) is 17.9. The van der Waals surface area contributed by atoms with E-state index in [1.165, 1.54) is 30.6 Å². The largest absolute Gasteiger partial charge is 0.464 e. The van der Waals surface area contributed by atoms with E-state index in [1.807, 2.05) is 78.9 Å². The first-order valence-electron chi connectivity index (χ1n) is 10.3. The second-order valence-electron chi connectivity index (χ2n) is 7.33. The fourth-order valence-corrected chi connectivity index (χ4v) is 6.67. The number of ether oxygens (including phenoxy) is 1. The van der Waals surface area contributed by atoms with Crippen LogP contribution < -0.4 is 9.91 Å². The molecule has 2 heterocycles. The molecule has 34 heavy (non-hydrogen) atoms. The van der Waals surface area contributed by atoms with Crippen LogP contribution >= 0.6 is 35.1 Å². The van der Waals surface area contributed by atoms with Crippen molar-refractivity contribution in [1.82, 2.24) is 0 Å². The predicted octanol–water partition coefficient (Wildman–Crippen LogP) is 5.81. The van der Waals surface area contributed by atoms with Crippen molar-refractivity contribution >= 4 is 69.5 Å². The van der Waals surface area contributed by atoms with E-state index in [4.69, 9.17) is 16.3 Å². The smallest absolute Gasteiger partial charge is 0.365 e.